The smallest absolute Gasteiger partial charge is 0.245 e. The van der Waals surface area contributed by atoms with Crippen LogP contribution in [-0.2, 0) is 0 Å². The Kier molecular flexibility index (Phi) is 3.93. The Hall–Kier alpha value is -1.15. The molecule has 0 bridgehead atoms. The Morgan fingerprint density at radius 2 is 2.10 bits per heavy atom. The van der Waals surface area contributed by atoms with E-state index in [1.54, 1.807) is 0 Å². The number of aromatic amines is 1. The van der Waals surface area contributed by atoms with Crippen LogP contribution in [-0.4, -0.2) is 34.3 Å². The highest BCUT2D eigenvalue weighted by atomic mass is 127. The van der Waals surface area contributed by atoms with Crippen LogP contribution in [0.2, 0.25) is 0 Å². The maximum atomic E-state index is 5.93. The summed E-state index contributed by atoms with van der Waals surface area (Å²) in [6.45, 7) is 3.97. The quantitative estimate of drug-likeness (QED) is 0.781. The van der Waals surface area contributed by atoms with Crippen molar-refractivity contribution in [2.75, 3.05) is 18.0 Å². The predicted molar refractivity (Wildman–Crippen MR) is 88.7 cm³/mol. The van der Waals surface area contributed by atoms with Gasteiger partial charge < -0.3 is 10.6 Å². The molecule has 1 aromatic heterocycles. The van der Waals surface area contributed by atoms with E-state index in [0.29, 0.717) is 6.04 Å². The van der Waals surface area contributed by atoms with Gasteiger partial charge in [0.2, 0.25) is 5.95 Å². The lowest BCUT2D eigenvalue weighted by atomic mass is 10.1. The zero-order valence-corrected chi connectivity index (χ0v) is 13.6. The molecule has 1 fully saturated rings. The maximum Gasteiger partial charge on any atom is 0.245 e. The van der Waals surface area contributed by atoms with Gasteiger partial charge in [0, 0.05) is 28.3 Å². The molecule has 2 heterocycles. The third-order valence-electron chi connectivity index (χ3n) is 3.74. The molecule has 0 radical (unpaired) electrons. The molecule has 5 nitrogen and oxygen atoms in total. The summed E-state index contributed by atoms with van der Waals surface area (Å²) in [5, 5.41) is 7.42. The fourth-order valence-corrected chi connectivity index (χ4v) is 3.06. The summed E-state index contributed by atoms with van der Waals surface area (Å²) in [7, 11) is 0. The molecule has 1 aliphatic rings. The van der Waals surface area contributed by atoms with Crippen molar-refractivity contribution >= 4 is 28.5 Å². The Bertz CT molecular complexity index is 601. The second kappa shape index (κ2) is 5.69. The van der Waals surface area contributed by atoms with Crippen LogP contribution in [0, 0.1) is 10.5 Å². The molecule has 106 valence electrons. The van der Waals surface area contributed by atoms with Crippen molar-refractivity contribution in [2.24, 2.45) is 5.73 Å². The monoisotopic (exact) mass is 383 g/mol. The Balaban J connectivity index is 1.85. The Labute approximate surface area is 132 Å². The zero-order chi connectivity index (χ0) is 14.1. The number of aromatic nitrogens is 3. The maximum absolute atomic E-state index is 5.93. The molecule has 3 rings (SSSR count). The molecule has 0 unspecified atom stereocenters. The van der Waals surface area contributed by atoms with Gasteiger partial charge in [-0.25, -0.2) is 0 Å². The zero-order valence-electron chi connectivity index (χ0n) is 11.4. The van der Waals surface area contributed by atoms with E-state index in [1.807, 2.05) is 0 Å². The first-order chi connectivity index (χ1) is 9.65. The topological polar surface area (TPSA) is 70.8 Å². The third kappa shape index (κ3) is 2.67. The summed E-state index contributed by atoms with van der Waals surface area (Å²) >= 11 is 2.36. The number of nitrogens with two attached hydrogens (primary N) is 1. The van der Waals surface area contributed by atoms with Crippen LogP contribution in [0.4, 0.5) is 5.95 Å². The number of rotatable bonds is 2. The van der Waals surface area contributed by atoms with Gasteiger partial charge in [-0.1, -0.05) is 18.2 Å². The summed E-state index contributed by atoms with van der Waals surface area (Å²) < 4.78 is 1.22. The SMILES string of the molecule is Cc1cccc(-c2nc(N3CCC(N)CC3)n[nH]2)c1I. The first-order valence-corrected chi connectivity index (χ1v) is 7.91. The van der Waals surface area contributed by atoms with Crippen molar-refractivity contribution in [3.63, 3.8) is 0 Å². The lowest BCUT2D eigenvalue weighted by Crippen LogP contribution is -2.40. The summed E-state index contributed by atoms with van der Waals surface area (Å²) in [5.41, 5.74) is 8.30. The van der Waals surface area contributed by atoms with E-state index in [4.69, 9.17) is 5.73 Å². The second-order valence-electron chi connectivity index (χ2n) is 5.24. The van der Waals surface area contributed by atoms with Gasteiger partial charge in [-0.15, -0.1) is 5.10 Å². The fourth-order valence-electron chi connectivity index (χ4n) is 2.44. The number of nitrogens with one attached hydrogen (secondary N) is 1. The van der Waals surface area contributed by atoms with Gasteiger partial charge in [-0.05, 0) is 47.9 Å². The molecule has 0 amide bonds. The van der Waals surface area contributed by atoms with E-state index in [2.05, 4.69) is 67.8 Å². The van der Waals surface area contributed by atoms with Crippen LogP contribution < -0.4 is 10.6 Å². The van der Waals surface area contributed by atoms with Crippen molar-refractivity contribution in [3.8, 4) is 11.4 Å². The summed E-state index contributed by atoms with van der Waals surface area (Å²) in [4.78, 5) is 6.85. The molecule has 1 saturated heterocycles. The first-order valence-electron chi connectivity index (χ1n) is 6.83. The van der Waals surface area contributed by atoms with Crippen LogP contribution >= 0.6 is 22.6 Å². The van der Waals surface area contributed by atoms with Crippen molar-refractivity contribution in [1.29, 1.82) is 0 Å². The van der Waals surface area contributed by atoms with Gasteiger partial charge in [0.25, 0.3) is 0 Å². The highest BCUT2D eigenvalue weighted by Crippen LogP contribution is 2.26. The third-order valence-corrected chi connectivity index (χ3v) is 5.17. The lowest BCUT2D eigenvalue weighted by Gasteiger charge is -2.28. The van der Waals surface area contributed by atoms with Gasteiger partial charge in [-0.2, -0.15) is 4.98 Å². The fraction of sp³-hybridized carbons (Fsp3) is 0.429. The van der Waals surface area contributed by atoms with Gasteiger partial charge in [-0.3, -0.25) is 5.10 Å². The average molecular weight is 383 g/mol. The van der Waals surface area contributed by atoms with E-state index in [1.165, 1.54) is 9.13 Å². The Morgan fingerprint density at radius 3 is 2.85 bits per heavy atom. The van der Waals surface area contributed by atoms with Crippen molar-refractivity contribution in [1.82, 2.24) is 15.2 Å². The molecule has 3 N–H and O–H groups in total. The molecule has 1 aliphatic heterocycles. The van der Waals surface area contributed by atoms with Crippen molar-refractivity contribution in [2.45, 2.75) is 25.8 Å². The van der Waals surface area contributed by atoms with Crippen molar-refractivity contribution < 1.29 is 0 Å². The van der Waals surface area contributed by atoms with E-state index in [0.717, 1.165) is 43.3 Å². The molecule has 0 aliphatic carbocycles. The first kappa shape index (κ1) is 13.8. The van der Waals surface area contributed by atoms with Crippen LogP contribution in [0.1, 0.15) is 18.4 Å². The molecule has 2 aromatic rings. The van der Waals surface area contributed by atoms with E-state index >= 15 is 0 Å². The van der Waals surface area contributed by atoms with E-state index in [-0.39, 0.29) is 0 Å². The number of hydrogen-bond acceptors (Lipinski definition) is 4. The van der Waals surface area contributed by atoms with Crippen molar-refractivity contribution in [3.05, 3.63) is 27.3 Å². The van der Waals surface area contributed by atoms with Gasteiger partial charge in [0.15, 0.2) is 5.82 Å². The standard InChI is InChI=1S/C14H18IN5/c1-9-3-2-4-11(12(9)15)13-17-14(19-18-13)20-7-5-10(16)6-8-20/h2-4,10H,5-8,16H2,1H3,(H,17,18,19). The van der Waals surface area contributed by atoms with Gasteiger partial charge in [0.05, 0.1) is 0 Å². The lowest BCUT2D eigenvalue weighted by molar-refractivity contribution is 0.496. The predicted octanol–water partition coefficient (Wildman–Crippen LogP) is 2.31. The number of piperidine rings is 1. The van der Waals surface area contributed by atoms with Crippen LogP contribution in [0.5, 0.6) is 0 Å². The van der Waals surface area contributed by atoms with Gasteiger partial charge in [0.1, 0.15) is 0 Å². The molecular weight excluding hydrogens is 365 g/mol. The number of hydrogen-bond donors (Lipinski definition) is 2. The minimum atomic E-state index is 0.322. The van der Waals surface area contributed by atoms with Crippen LogP contribution in [0.15, 0.2) is 18.2 Å². The number of nitrogens with zero attached hydrogens (tertiary/aromatic N) is 3. The Morgan fingerprint density at radius 1 is 1.35 bits per heavy atom. The molecule has 0 spiro atoms. The van der Waals surface area contributed by atoms with E-state index < -0.39 is 0 Å². The summed E-state index contributed by atoms with van der Waals surface area (Å²) in [5.74, 6) is 1.62. The molecule has 20 heavy (non-hydrogen) atoms. The van der Waals surface area contributed by atoms with E-state index in [9.17, 15) is 0 Å². The van der Waals surface area contributed by atoms with Crippen LogP contribution in [0.25, 0.3) is 11.4 Å². The molecular formula is C14H18IN5. The number of anilines is 1. The minimum Gasteiger partial charge on any atom is -0.339 e. The number of halogens is 1. The molecule has 0 saturated carbocycles. The normalized spacial score (nSPS) is 16.6. The highest BCUT2D eigenvalue weighted by molar-refractivity contribution is 14.1. The summed E-state index contributed by atoms with van der Waals surface area (Å²) in [6, 6.07) is 6.55. The number of aryl methyl sites for hydroxylation is 1. The number of benzene rings is 1. The van der Waals surface area contributed by atoms with Gasteiger partial charge >= 0.3 is 0 Å². The molecule has 0 atom stereocenters. The minimum absolute atomic E-state index is 0.322. The molecule has 6 heteroatoms. The number of H-pyrrole nitrogens is 1. The second-order valence-corrected chi connectivity index (χ2v) is 6.32. The average Bonchev–Trinajstić information content (AvgIpc) is 2.92. The largest absolute Gasteiger partial charge is 0.339 e. The van der Waals surface area contributed by atoms with Crippen LogP contribution in [0.3, 0.4) is 0 Å². The highest BCUT2D eigenvalue weighted by Gasteiger charge is 2.20. The molecule has 1 aromatic carbocycles. The summed E-state index contributed by atoms with van der Waals surface area (Å²) in [6.07, 6.45) is 2.01.